The molecule has 100 valence electrons. The van der Waals surface area contributed by atoms with Crippen LogP contribution in [0.1, 0.15) is 37.5 Å². The molecular weight excluding hydrogens is 306 g/mol. The van der Waals surface area contributed by atoms with Gasteiger partial charge in [-0.15, -0.1) is 0 Å². The Labute approximate surface area is 120 Å². The lowest BCUT2D eigenvalue weighted by Gasteiger charge is -2.09. The molecule has 1 fully saturated rings. The molecule has 0 amide bonds. The average Bonchev–Trinajstić information content (AvgIpc) is 2.76. The summed E-state index contributed by atoms with van der Waals surface area (Å²) in [5, 5.41) is 7.60. The van der Waals surface area contributed by atoms with Crippen LogP contribution in [-0.2, 0) is 0 Å². The van der Waals surface area contributed by atoms with E-state index < -0.39 is 0 Å². The first kappa shape index (κ1) is 12.8. The third-order valence-electron chi connectivity index (χ3n) is 3.40. The van der Waals surface area contributed by atoms with Gasteiger partial charge in [-0.3, -0.25) is 0 Å². The number of nitrogens with one attached hydrogen (secondary N) is 1. The van der Waals surface area contributed by atoms with E-state index >= 15 is 0 Å². The number of benzene rings is 1. The van der Waals surface area contributed by atoms with Crippen molar-refractivity contribution in [2.75, 3.05) is 6.54 Å². The van der Waals surface area contributed by atoms with Crippen molar-refractivity contribution in [1.82, 2.24) is 15.5 Å². The minimum absolute atomic E-state index is 0.232. The largest absolute Gasteiger partial charge is 0.334 e. The molecule has 0 radical (unpaired) electrons. The van der Waals surface area contributed by atoms with Gasteiger partial charge in [-0.2, -0.15) is 4.98 Å². The number of rotatable bonds is 2. The van der Waals surface area contributed by atoms with Gasteiger partial charge >= 0.3 is 0 Å². The van der Waals surface area contributed by atoms with Gasteiger partial charge in [0.25, 0.3) is 5.89 Å². The van der Waals surface area contributed by atoms with Gasteiger partial charge in [0.2, 0.25) is 0 Å². The molecule has 2 heterocycles. The molecule has 1 aromatic carbocycles. The standard InChI is InChI=1S/C14H16BrN3O/c15-11-7-5-10(6-8-11)14-17-13(18-19-14)12-4-2-1-3-9-16-12/h5-8,12,16H,1-4,9H2/t12-/m0/s1. The van der Waals surface area contributed by atoms with Crippen LogP contribution in [0.25, 0.3) is 11.5 Å². The van der Waals surface area contributed by atoms with Gasteiger partial charge in [0, 0.05) is 10.0 Å². The molecule has 0 saturated carbocycles. The van der Waals surface area contributed by atoms with Gasteiger partial charge in [0.15, 0.2) is 5.82 Å². The maximum absolute atomic E-state index is 5.37. The van der Waals surface area contributed by atoms with Gasteiger partial charge < -0.3 is 9.84 Å². The Bertz CT molecular complexity index is 530. The molecule has 1 aromatic heterocycles. The average molecular weight is 322 g/mol. The summed E-state index contributed by atoms with van der Waals surface area (Å²) in [5.41, 5.74) is 0.954. The Morgan fingerprint density at radius 2 is 2.00 bits per heavy atom. The Kier molecular flexibility index (Phi) is 3.94. The summed E-state index contributed by atoms with van der Waals surface area (Å²) in [6.07, 6.45) is 4.81. The fourth-order valence-corrected chi connectivity index (χ4v) is 2.60. The van der Waals surface area contributed by atoms with Crippen molar-refractivity contribution < 1.29 is 4.52 Å². The van der Waals surface area contributed by atoms with Crippen LogP contribution in [0.15, 0.2) is 33.3 Å². The zero-order valence-corrected chi connectivity index (χ0v) is 12.2. The second-order valence-corrected chi connectivity index (χ2v) is 5.74. The zero-order chi connectivity index (χ0) is 13.1. The fourth-order valence-electron chi connectivity index (χ4n) is 2.34. The van der Waals surface area contributed by atoms with E-state index in [4.69, 9.17) is 4.52 Å². The van der Waals surface area contributed by atoms with E-state index in [1.54, 1.807) is 0 Å². The van der Waals surface area contributed by atoms with E-state index in [9.17, 15) is 0 Å². The zero-order valence-electron chi connectivity index (χ0n) is 10.6. The molecule has 4 nitrogen and oxygen atoms in total. The lowest BCUT2D eigenvalue weighted by molar-refractivity contribution is 0.402. The Balaban J connectivity index is 1.80. The number of nitrogens with zero attached hydrogens (tertiary/aromatic N) is 2. The lowest BCUT2D eigenvalue weighted by Crippen LogP contribution is -2.21. The van der Waals surface area contributed by atoms with E-state index in [1.807, 2.05) is 24.3 Å². The van der Waals surface area contributed by atoms with Gasteiger partial charge in [-0.25, -0.2) is 0 Å². The molecule has 5 heteroatoms. The molecule has 1 atom stereocenters. The summed E-state index contributed by atoms with van der Waals surface area (Å²) in [6, 6.07) is 8.13. The highest BCUT2D eigenvalue weighted by molar-refractivity contribution is 9.10. The first-order valence-corrected chi connectivity index (χ1v) is 7.45. The van der Waals surface area contributed by atoms with Gasteiger partial charge in [0.05, 0.1) is 6.04 Å². The lowest BCUT2D eigenvalue weighted by atomic mass is 10.1. The van der Waals surface area contributed by atoms with E-state index in [0.717, 1.165) is 28.8 Å². The van der Waals surface area contributed by atoms with Gasteiger partial charge in [-0.1, -0.05) is 33.9 Å². The van der Waals surface area contributed by atoms with Gasteiger partial charge in [-0.05, 0) is 43.7 Å². The molecule has 3 rings (SSSR count). The number of hydrogen-bond donors (Lipinski definition) is 1. The van der Waals surface area contributed by atoms with Crippen LogP contribution >= 0.6 is 15.9 Å². The van der Waals surface area contributed by atoms with Crippen LogP contribution in [-0.4, -0.2) is 16.7 Å². The van der Waals surface area contributed by atoms with Gasteiger partial charge in [0.1, 0.15) is 0 Å². The monoisotopic (exact) mass is 321 g/mol. The van der Waals surface area contributed by atoms with Crippen molar-refractivity contribution in [3.63, 3.8) is 0 Å². The quantitative estimate of drug-likeness (QED) is 0.916. The molecule has 0 spiro atoms. The second kappa shape index (κ2) is 5.84. The summed E-state index contributed by atoms with van der Waals surface area (Å²) in [6.45, 7) is 1.03. The topological polar surface area (TPSA) is 51.0 Å². The van der Waals surface area contributed by atoms with Crippen molar-refractivity contribution >= 4 is 15.9 Å². The van der Waals surface area contributed by atoms with Crippen LogP contribution in [0.4, 0.5) is 0 Å². The van der Waals surface area contributed by atoms with E-state index in [-0.39, 0.29) is 6.04 Å². The molecule has 1 N–H and O–H groups in total. The number of aromatic nitrogens is 2. The molecule has 1 aliphatic heterocycles. The molecule has 19 heavy (non-hydrogen) atoms. The summed E-state index contributed by atoms with van der Waals surface area (Å²) < 4.78 is 6.41. The van der Waals surface area contributed by atoms with Crippen LogP contribution in [0.3, 0.4) is 0 Å². The van der Waals surface area contributed by atoms with E-state index in [1.165, 1.54) is 19.3 Å². The predicted octanol–water partition coefficient (Wildman–Crippen LogP) is 3.70. The summed E-state index contributed by atoms with van der Waals surface area (Å²) >= 11 is 3.42. The first-order chi connectivity index (χ1) is 9.33. The number of halogens is 1. The van der Waals surface area contributed by atoms with Crippen LogP contribution in [0.5, 0.6) is 0 Å². The molecule has 1 saturated heterocycles. The van der Waals surface area contributed by atoms with E-state index in [0.29, 0.717) is 5.89 Å². The van der Waals surface area contributed by atoms with E-state index in [2.05, 4.69) is 31.4 Å². The smallest absolute Gasteiger partial charge is 0.257 e. The molecule has 0 unspecified atom stereocenters. The highest BCUT2D eigenvalue weighted by Gasteiger charge is 2.19. The van der Waals surface area contributed by atoms with Crippen LogP contribution < -0.4 is 5.32 Å². The summed E-state index contributed by atoms with van der Waals surface area (Å²) in [7, 11) is 0. The maximum atomic E-state index is 5.37. The normalized spacial score (nSPS) is 20.2. The van der Waals surface area contributed by atoms with Crippen LogP contribution in [0, 0.1) is 0 Å². The summed E-state index contributed by atoms with van der Waals surface area (Å²) in [4.78, 5) is 4.52. The molecule has 2 aromatic rings. The Morgan fingerprint density at radius 1 is 1.16 bits per heavy atom. The molecular formula is C14H16BrN3O. The maximum Gasteiger partial charge on any atom is 0.257 e. The third kappa shape index (κ3) is 3.04. The molecule has 0 aliphatic carbocycles. The van der Waals surface area contributed by atoms with Crippen molar-refractivity contribution in [2.24, 2.45) is 0 Å². The highest BCUT2D eigenvalue weighted by atomic mass is 79.9. The molecule has 0 bridgehead atoms. The summed E-state index contributed by atoms with van der Waals surface area (Å²) in [5.74, 6) is 1.37. The van der Waals surface area contributed by atoms with Crippen molar-refractivity contribution in [2.45, 2.75) is 31.7 Å². The first-order valence-electron chi connectivity index (χ1n) is 6.66. The number of hydrogen-bond acceptors (Lipinski definition) is 4. The third-order valence-corrected chi connectivity index (χ3v) is 3.93. The Morgan fingerprint density at radius 3 is 2.84 bits per heavy atom. The van der Waals surface area contributed by atoms with Crippen molar-refractivity contribution in [1.29, 1.82) is 0 Å². The second-order valence-electron chi connectivity index (χ2n) is 4.82. The van der Waals surface area contributed by atoms with Crippen molar-refractivity contribution in [3.05, 3.63) is 34.6 Å². The molecule has 1 aliphatic rings. The minimum Gasteiger partial charge on any atom is -0.334 e. The van der Waals surface area contributed by atoms with Crippen LogP contribution in [0.2, 0.25) is 0 Å². The highest BCUT2D eigenvalue weighted by Crippen LogP contribution is 2.24. The predicted molar refractivity (Wildman–Crippen MR) is 76.6 cm³/mol. The van der Waals surface area contributed by atoms with Crippen molar-refractivity contribution in [3.8, 4) is 11.5 Å². The fraction of sp³-hybridized carbons (Fsp3) is 0.429. The minimum atomic E-state index is 0.232. The SMILES string of the molecule is Brc1ccc(-c2nc([C@@H]3CCCCCN3)no2)cc1. The Hall–Kier alpha value is -1.20.